The van der Waals surface area contributed by atoms with Crippen molar-refractivity contribution < 1.29 is 18.7 Å². The Morgan fingerprint density at radius 3 is 2.80 bits per heavy atom. The van der Waals surface area contributed by atoms with Gasteiger partial charge in [-0.15, -0.1) is 0 Å². The molecule has 0 bridgehead atoms. The monoisotopic (exact) mass is 346 g/mol. The Hall–Kier alpha value is -1.47. The fourth-order valence-electron chi connectivity index (χ4n) is 1.44. The van der Waals surface area contributed by atoms with E-state index in [0.29, 0.717) is 17.6 Å². The second-order valence-electron chi connectivity index (χ2n) is 4.10. The molecule has 1 rings (SSSR count). The van der Waals surface area contributed by atoms with Crippen molar-refractivity contribution in [2.24, 2.45) is 0 Å². The fourth-order valence-corrected chi connectivity index (χ4v) is 1.80. The summed E-state index contributed by atoms with van der Waals surface area (Å²) in [5, 5.41) is 5.02. The molecule has 1 atom stereocenters. The summed E-state index contributed by atoms with van der Waals surface area (Å²) < 4.78 is 18.9. The lowest BCUT2D eigenvalue weighted by molar-refractivity contribution is -0.122. The van der Waals surface area contributed by atoms with E-state index in [0.717, 1.165) is 0 Å². The van der Waals surface area contributed by atoms with E-state index in [1.165, 1.54) is 32.2 Å². The highest BCUT2D eigenvalue weighted by Crippen LogP contribution is 2.15. The van der Waals surface area contributed by atoms with Crippen LogP contribution in [0.3, 0.4) is 0 Å². The molecule has 0 aromatic heterocycles. The van der Waals surface area contributed by atoms with Crippen molar-refractivity contribution >= 4 is 27.7 Å². The van der Waals surface area contributed by atoms with E-state index in [2.05, 4.69) is 26.6 Å². The highest BCUT2D eigenvalue weighted by Gasteiger charge is 2.18. The van der Waals surface area contributed by atoms with Crippen molar-refractivity contribution in [3.8, 4) is 0 Å². The number of hydrogen-bond acceptors (Lipinski definition) is 3. The maximum absolute atomic E-state index is 13.5. The lowest BCUT2D eigenvalue weighted by Crippen LogP contribution is -2.45. The molecule has 0 radical (unpaired) electrons. The lowest BCUT2D eigenvalue weighted by atomic mass is 10.2. The van der Waals surface area contributed by atoms with Crippen LogP contribution in [0.4, 0.5) is 4.39 Å². The molecule has 1 unspecified atom stereocenters. The van der Waals surface area contributed by atoms with Gasteiger partial charge in [0.1, 0.15) is 11.9 Å². The van der Waals surface area contributed by atoms with Crippen LogP contribution >= 0.6 is 15.9 Å². The molecule has 20 heavy (non-hydrogen) atoms. The van der Waals surface area contributed by atoms with Crippen LogP contribution < -0.4 is 10.6 Å². The molecule has 0 saturated heterocycles. The standard InChI is InChI=1S/C13H16BrFN2O3/c1-8(12(18)16-5-6-20-2)17-13(19)10-7-9(14)3-4-11(10)15/h3-4,7-8H,5-6H2,1-2H3,(H,16,18)(H,17,19). The minimum atomic E-state index is -0.766. The molecule has 1 aromatic carbocycles. The smallest absolute Gasteiger partial charge is 0.254 e. The number of amides is 2. The average Bonchev–Trinajstić information content (AvgIpc) is 2.41. The van der Waals surface area contributed by atoms with E-state index >= 15 is 0 Å². The molecule has 110 valence electrons. The third-order valence-corrected chi connectivity index (χ3v) is 3.01. The summed E-state index contributed by atoms with van der Waals surface area (Å²) >= 11 is 3.16. The predicted octanol–water partition coefficient (Wildman–Crippen LogP) is 1.47. The topological polar surface area (TPSA) is 67.4 Å². The van der Waals surface area contributed by atoms with Gasteiger partial charge >= 0.3 is 0 Å². The molecule has 7 heteroatoms. The SMILES string of the molecule is COCCNC(=O)C(C)NC(=O)c1cc(Br)ccc1F. The third kappa shape index (κ3) is 4.90. The van der Waals surface area contributed by atoms with Gasteiger partial charge in [0, 0.05) is 18.1 Å². The molecule has 0 saturated carbocycles. The average molecular weight is 347 g/mol. The highest BCUT2D eigenvalue weighted by molar-refractivity contribution is 9.10. The summed E-state index contributed by atoms with van der Waals surface area (Å²) in [6.07, 6.45) is 0. The zero-order chi connectivity index (χ0) is 15.1. The Kier molecular flexibility index (Phi) is 6.60. The normalized spacial score (nSPS) is 11.8. The van der Waals surface area contributed by atoms with Crippen molar-refractivity contribution in [3.63, 3.8) is 0 Å². The van der Waals surface area contributed by atoms with Crippen LogP contribution in [0, 0.1) is 5.82 Å². The zero-order valence-electron chi connectivity index (χ0n) is 11.2. The number of rotatable bonds is 6. The number of benzene rings is 1. The number of nitrogens with one attached hydrogen (secondary N) is 2. The van der Waals surface area contributed by atoms with Crippen LogP contribution in [0.5, 0.6) is 0 Å². The van der Waals surface area contributed by atoms with E-state index in [9.17, 15) is 14.0 Å². The largest absolute Gasteiger partial charge is 0.383 e. The molecule has 0 aliphatic carbocycles. The van der Waals surface area contributed by atoms with Gasteiger partial charge in [0.05, 0.1) is 12.2 Å². The van der Waals surface area contributed by atoms with Gasteiger partial charge in [0.25, 0.3) is 5.91 Å². The van der Waals surface area contributed by atoms with E-state index in [4.69, 9.17) is 4.74 Å². The lowest BCUT2D eigenvalue weighted by Gasteiger charge is -2.14. The summed E-state index contributed by atoms with van der Waals surface area (Å²) in [5.41, 5.74) is -0.115. The van der Waals surface area contributed by atoms with Gasteiger partial charge in [-0.25, -0.2) is 4.39 Å². The molecule has 0 fully saturated rings. The van der Waals surface area contributed by atoms with Gasteiger partial charge in [-0.1, -0.05) is 15.9 Å². The fraction of sp³-hybridized carbons (Fsp3) is 0.385. The minimum Gasteiger partial charge on any atom is -0.383 e. The summed E-state index contributed by atoms with van der Waals surface area (Å²) in [5.74, 6) is -1.64. The maximum Gasteiger partial charge on any atom is 0.254 e. The summed E-state index contributed by atoms with van der Waals surface area (Å²) in [6.45, 7) is 2.25. The quantitative estimate of drug-likeness (QED) is 0.766. The van der Waals surface area contributed by atoms with Gasteiger partial charge < -0.3 is 15.4 Å². The van der Waals surface area contributed by atoms with Gasteiger partial charge in [-0.3, -0.25) is 9.59 Å². The molecule has 0 aliphatic rings. The highest BCUT2D eigenvalue weighted by atomic mass is 79.9. The first-order valence-corrected chi connectivity index (χ1v) is 6.77. The second-order valence-corrected chi connectivity index (χ2v) is 5.02. The van der Waals surface area contributed by atoms with E-state index < -0.39 is 17.8 Å². The van der Waals surface area contributed by atoms with Crippen molar-refractivity contribution in [3.05, 3.63) is 34.1 Å². The van der Waals surface area contributed by atoms with Gasteiger partial charge in [-0.2, -0.15) is 0 Å². The van der Waals surface area contributed by atoms with Crippen molar-refractivity contribution in [2.45, 2.75) is 13.0 Å². The Labute approximate surface area is 125 Å². The number of halogens is 2. The maximum atomic E-state index is 13.5. The molecule has 2 N–H and O–H groups in total. The molecular weight excluding hydrogens is 331 g/mol. The van der Waals surface area contributed by atoms with Gasteiger partial charge in [0.15, 0.2) is 0 Å². The molecule has 2 amide bonds. The van der Waals surface area contributed by atoms with E-state index in [-0.39, 0.29) is 11.5 Å². The first-order valence-electron chi connectivity index (χ1n) is 5.98. The second kappa shape index (κ2) is 7.96. The summed E-state index contributed by atoms with van der Waals surface area (Å²) in [6, 6.07) is 3.27. The first-order chi connectivity index (χ1) is 9.45. The van der Waals surface area contributed by atoms with Crippen LogP contribution in [0.2, 0.25) is 0 Å². The number of hydrogen-bond donors (Lipinski definition) is 2. The van der Waals surface area contributed by atoms with Gasteiger partial charge in [-0.05, 0) is 25.1 Å². The van der Waals surface area contributed by atoms with Gasteiger partial charge in [0.2, 0.25) is 5.91 Å². The van der Waals surface area contributed by atoms with Crippen molar-refractivity contribution in [1.82, 2.24) is 10.6 Å². The minimum absolute atomic E-state index is 0.115. The first kappa shape index (κ1) is 16.6. The Morgan fingerprint density at radius 2 is 2.15 bits per heavy atom. The van der Waals surface area contributed by atoms with E-state index in [1.807, 2.05) is 0 Å². The van der Waals surface area contributed by atoms with Crippen LogP contribution in [-0.4, -0.2) is 38.1 Å². The number of methoxy groups -OCH3 is 1. The third-order valence-electron chi connectivity index (χ3n) is 2.52. The summed E-state index contributed by atoms with van der Waals surface area (Å²) in [7, 11) is 1.52. The molecule has 5 nitrogen and oxygen atoms in total. The number of carbonyl (C=O) groups excluding carboxylic acids is 2. The van der Waals surface area contributed by atoms with Crippen LogP contribution in [-0.2, 0) is 9.53 Å². The zero-order valence-corrected chi connectivity index (χ0v) is 12.8. The van der Waals surface area contributed by atoms with Crippen molar-refractivity contribution in [1.29, 1.82) is 0 Å². The van der Waals surface area contributed by atoms with E-state index in [1.54, 1.807) is 0 Å². The van der Waals surface area contributed by atoms with Crippen LogP contribution in [0.25, 0.3) is 0 Å². The number of carbonyl (C=O) groups is 2. The van der Waals surface area contributed by atoms with Crippen LogP contribution in [0.15, 0.2) is 22.7 Å². The molecule has 0 aliphatic heterocycles. The Bertz CT molecular complexity index is 497. The Morgan fingerprint density at radius 1 is 1.45 bits per heavy atom. The van der Waals surface area contributed by atoms with Crippen LogP contribution in [0.1, 0.15) is 17.3 Å². The molecule has 1 aromatic rings. The predicted molar refractivity (Wildman–Crippen MR) is 75.9 cm³/mol. The van der Waals surface area contributed by atoms with Crippen molar-refractivity contribution in [2.75, 3.05) is 20.3 Å². The number of ether oxygens (including phenoxy) is 1. The molecular formula is C13H16BrFN2O3. The summed E-state index contributed by atoms with van der Waals surface area (Å²) in [4.78, 5) is 23.5. The Balaban J connectivity index is 2.61. The molecule has 0 heterocycles. The molecule has 0 spiro atoms.